The lowest BCUT2D eigenvalue weighted by Gasteiger charge is -2.48. The van der Waals surface area contributed by atoms with Gasteiger partial charge in [-0.05, 0) is 39.9 Å². The van der Waals surface area contributed by atoms with E-state index in [0.29, 0.717) is 0 Å². The number of methoxy groups -OCH3 is 1. The van der Waals surface area contributed by atoms with Gasteiger partial charge in [0.15, 0.2) is 0 Å². The first-order valence-electron chi connectivity index (χ1n) is 7.83. The van der Waals surface area contributed by atoms with Gasteiger partial charge in [0.2, 0.25) is 0 Å². The summed E-state index contributed by atoms with van der Waals surface area (Å²) in [5.74, 6) is 6.91. The molecular formula is C17H29N3O. The number of nitrogens with two attached hydrogens (primary N) is 1. The summed E-state index contributed by atoms with van der Waals surface area (Å²) in [6, 6.07) is 6.39. The van der Waals surface area contributed by atoms with Crippen molar-refractivity contribution < 1.29 is 4.74 Å². The van der Waals surface area contributed by atoms with Crippen molar-refractivity contribution in [2.45, 2.75) is 50.6 Å². The average molecular weight is 291 g/mol. The Morgan fingerprint density at radius 3 is 2.43 bits per heavy atom. The second kappa shape index (κ2) is 6.77. The van der Waals surface area contributed by atoms with E-state index in [-0.39, 0.29) is 11.6 Å². The molecule has 4 heteroatoms. The Balaban J connectivity index is 2.48. The SMILES string of the molecule is COc1ccc(C)cc1C(NN)C1(N(C)C)CCCCC1. The zero-order valence-electron chi connectivity index (χ0n) is 13.8. The highest BCUT2D eigenvalue weighted by atomic mass is 16.5. The van der Waals surface area contributed by atoms with E-state index in [1.807, 2.05) is 6.07 Å². The zero-order chi connectivity index (χ0) is 15.5. The average Bonchev–Trinajstić information content (AvgIpc) is 2.49. The number of hydrazine groups is 1. The largest absolute Gasteiger partial charge is 0.496 e. The number of nitrogens with zero attached hydrogens (tertiary/aromatic N) is 1. The van der Waals surface area contributed by atoms with Gasteiger partial charge in [-0.3, -0.25) is 11.3 Å². The van der Waals surface area contributed by atoms with Crippen molar-refractivity contribution in [3.8, 4) is 5.75 Å². The van der Waals surface area contributed by atoms with Crippen molar-refractivity contribution >= 4 is 0 Å². The molecule has 0 aliphatic heterocycles. The van der Waals surface area contributed by atoms with Crippen molar-refractivity contribution in [2.24, 2.45) is 5.84 Å². The molecule has 0 amide bonds. The number of hydrogen-bond donors (Lipinski definition) is 2. The van der Waals surface area contributed by atoms with Crippen LogP contribution in [0.3, 0.4) is 0 Å². The summed E-state index contributed by atoms with van der Waals surface area (Å²) < 4.78 is 5.58. The van der Waals surface area contributed by atoms with Crippen LogP contribution in [0.5, 0.6) is 5.75 Å². The number of hydrogen-bond acceptors (Lipinski definition) is 4. The molecular weight excluding hydrogens is 262 g/mol. The Bertz CT molecular complexity index is 467. The van der Waals surface area contributed by atoms with E-state index in [1.54, 1.807) is 7.11 Å². The molecule has 0 spiro atoms. The highest BCUT2D eigenvalue weighted by Crippen LogP contribution is 2.44. The van der Waals surface area contributed by atoms with E-state index < -0.39 is 0 Å². The van der Waals surface area contributed by atoms with Crippen LogP contribution in [0, 0.1) is 6.92 Å². The summed E-state index contributed by atoms with van der Waals surface area (Å²) in [4.78, 5) is 2.35. The predicted octanol–water partition coefficient (Wildman–Crippen LogP) is 2.77. The van der Waals surface area contributed by atoms with Gasteiger partial charge in [-0.2, -0.15) is 0 Å². The zero-order valence-corrected chi connectivity index (χ0v) is 13.8. The van der Waals surface area contributed by atoms with Crippen molar-refractivity contribution in [3.63, 3.8) is 0 Å². The van der Waals surface area contributed by atoms with Crippen LogP contribution in [0.1, 0.15) is 49.3 Å². The van der Waals surface area contributed by atoms with Crippen LogP contribution >= 0.6 is 0 Å². The third kappa shape index (κ3) is 3.07. The number of aryl methyl sites for hydroxylation is 1. The Morgan fingerprint density at radius 2 is 1.90 bits per heavy atom. The molecule has 0 radical (unpaired) electrons. The summed E-state index contributed by atoms with van der Waals surface area (Å²) in [5, 5.41) is 0. The van der Waals surface area contributed by atoms with E-state index in [4.69, 9.17) is 10.6 Å². The van der Waals surface area contributed by atoms with E-state index in [0.717, 1.165) is 24.2 Å². The van der Waals surface area contributed by atoms with E-state index in [9.17, 15) is 0 Å². The highest BCUT2D eigenvalue weighted by Gasteiger charge is 2.43. The van der Waals surface area contributed by atoms with Gasteiger partial charge in [-0.15, -0.1) is 0 Å². The number of likely N-dealkylation sites (N-methyl/N-ethyl adjacent to an activating group) is 1. The smallest absolute Gasteiger partial charge is 0.123 e. The number of ether oxygens (including phenoxy) is 1. The van der Waals surface area contributed by atoms with Crippen LogP contribution in [-0.2, 0) is 0 Å². The first-order chi connectivity index (χ1) is 10.0. The quantitative estimate of drug-likeness (QED) is 0.647. The third-order valence-electron chi connectivity index (χ3n) is 5.01. The van der Waals surface area contributed by atoms with Gasteiger partial charge in [-0.1, -0.05) is 37.0 Å². The molecule has 1 fully saturated rings. The first kappa shape index (κ1) is 16.3. The molecule has 0 bridgehead atoms. The second-order valence-corrected chi connectivity index (χ2v) is 6.40. The highest BCUT2D eigenvalue weighted by molar-refractivity contribution is 5.41. The van der Waals surface area contributed by atoms with E-state index in [1.165, 1.54) is 24.8 Å². The van der Waals surface area contributed by atoms with Crippen LogP contribution < -0.4 is 16.0 Å². The van der Waals surface area contributed by atoms with Crippen molar-refractivity contribution in [1.82, 2.24) is 10.3 Å². The number of rotatable bonds is 5. The molecule has 3 N–H and O–H groups in total. The number of benzene rings is 1. The molecule has 1 saturated carbocycles. The fraction of sp³-hybridized carbons (Fsp3) is 0.647. The topological polar surface area (TPSA) is 50.5 Å². The van der Waals surface area contributed by atoms with Gasteiger partial charge in [0, 0.05) is 11.1 Å². The van der Waals surface area contributed by atoms with Gasteiger partial charge in [0.05, 0.1) is 13.2 Å². The molecule has 2 rings (SSSR count). The minimum atomic E-state index is 0.0497. The molecule has 1 aliphatic rings. The molecule has 118 valence electrons. The molecule has 1 atom stereocenters. The van der Waals surface area contributed by atoms with Gasteiger partial charge < -0.3 is 9.64 Å². The molecule has 4 nitrogen and oxygen atoms in total. The molecule has 1 aromatic carbocycles. The molecule has 1 aliphatic carbocycles. The molecule has 21 heavy (non-hydrogen) atoms. The third-order valence-corrected chi connectivity index (χ3v) is 5.01. The van der Waals surface area contributed by atoms with Gasteiger partial charge >= 0.3 is 0 Å². The number of nitrogens with one attached hydrogen (secondary N) is 1. The maximum atomic E-state index is 6.00. The fourth-order valence-corrected chi connectivity index (χ4v) is 3.77. The van der Waals surface area contributed by atoms with E-state index in [2.05, 4.69) is 43.5 Å². The maximum absolute atomic E-state index is 6.00. The molecule has 1 unspecified atom stereocenters. The second-order valence-electron chi connectivity index (χ2n) is 6.40. The molecule has 0 aromatic heterocycles. The van der Waals surface area contributed by atoms with Crippen molar-refractivity contribution in [2.75, 3.05) is 21.2 Å². The normalized spacial score (nSPS) is 19.5. The van der Waals surface area contributed by atoms with E-state index >= 15 is 0 Å². The van der Waals surface area contributed by atoms with Crippen molar-refractivity contribution in [3.05, 3.63) is 29.3 Å². The first-order valence-corrected chi connectivity index (χ1v) is 7.83. The fourth-order valence-electron chi connectivity index (χ4n) is 3.77. The minimum Gasteiger partial charge on any atom is -0.496 e. The van der Waals surface area contributed by atoms with Crippen molar-refractivity contribution in [1.29, 1.82) is 0 Å². The lowest BCUT2D eigenvalue weighted by atomic mass is 9.73. The van der Waals surface area contributed by atoms with Gasteiger partial charge in [0.25, 0.3) is 0 Å². The summed E-state index contributed by atoms with van der Waals surface area (Å²) in [6.07, 6.45) is 6.14. The molecule has 0 saturated heterocycles. The Labute approximate surface area is 128 Å². The van der Waals surface area contributed by atoms with Crippen LogP contribution in [-0.4, -0.2) is 31.6 Å². The van der Waals surface area contributed by atoms with Crippen LogP contribution in [0.4, 0.5) is 0 Å². The van der Waals surface area contributed by atoms with Gasteiger partial charge in [0.1, 0.15) is 5.75 Å². The minimum absolute atomic E-state index is 0.0497. The predicted molar refractivity (Wildman–Crippen MR) is 87.3 cm³/mol. The standard InChI is InChI=1S/C17H29N3O/c1-13-8-9-15(21-4)14(12-13)16(19-18)17(20(2)3)10-6-5-7-11-17/h8-9,12,16,19H,5-7,10-11,18H2,1-4H3. The van der Waals surface area contributed by atoms with Gasteiger partial charge in [-0.25, -0.2) is 0 Å². The maximum Gasteiger partial charge on any atom is 0.123 e. The molecule has 0 heterocycles. The van der Waals surface area contributed by atoms with Crippen LogP contribution in [0.2, 0.25) is 0 Å². The Kier molecular flexibility index (Phi) is 5.25. The monoisotopic (exact) mass is 291 g/mol. The lowest BCUT2D eigenvalue weighted by molar-refractivity contribution is 0.0554. The van der Waals surface area contributed by atoms with Crippen LogP contribution in [0.15, 0.2) is 18.2 Å². The summed E-state index contributed by atoms with van der Waals surface area (Å²) >= 11 is 0. The molecule has 1 aromatic rings. The lowest BCUT2D eigenvalue weighted by Crippen LogP contribution is -2.56. The summed E-state index contributed by atoms with van der Waals surface area (Å²) in [7, 11) is 6.06. The summed E-state index contributed by atoms with van der Waals surface area (Å²) in [5.41, 5.74) is 5.53. The van der Waals surface area contributed by atoms with Crippen LogP contribution in [0.25, 0.3) is 0 Å². The Morgan fingerprint density at radius 1 is 1.24 bits per heavy atom. The summed E-state index contributed by atoms with van der Waals surface area (Å²) in [6.45, 7) is 2.11. The Hall–Kier alpha value is -1.10.